The van der Waals surface area contributed by atoms with E-state index in [1.165, 1.54) is 13.1 Å². The van der Waals surface area contributed by atoms with Gasteiger partial charge in [-0.15, -0.1) is 11.3 Å². The molecular formula is C8H8N2O4S2. The highest BCUT2D eigenvalue weighted by Crippen LogP contribution is 2.33. The zero-order valence-corrected chi connectivity index (χ0v) is 9.80. The van der Waals surface area contributed by atoms with E-state index in [9.17, 15) is 13.2 Å². The van der Waals surface area contributed by atoms with Crippen molar-refractivity contribution >= 4 is 27.1 Å². The summed E-state index contributed by atoms with van der Waals surface area (Å²) in [6, 6.07) is 1.40. The SMILES string of the molecule is CN1/C(=C/NO)C(=O)c2sccc2S1(=O)=O. The molecule has 0 radical (unpaired) electrons. The van der Waals surface area contributed by atoms with Crippen LogP contribution in [0.1, 0.15) is 9.67 Å². The molecule has 1 aromatic rings. The second-order valence-electron chi connectivity index (χ2n) is 3.07. The van der Waals surface area contributed by atoms with Crippen LogP contribution < -0.4 is 5.48 Å². The third-order valence-electron chi connectivity index (χ3n) is 2.25. The van der Waals surface area contributed by atoms with Gasteiger partial charge < -0.3 is 0 Å². The van der Waals surface area contributed by atoms with Crippen molar-refractivity contribution in [2.24, 2.45) is 0 Å². The van der Waals surface area contributed by atoms with Gasteiger partial charge in [0, 0.05) is 7.05 Å². The number of sulfonamides is 1. The zero-order chi connectivity index (χ0) is 11.9. The lowest BCUT2D eigenvalue weighted by atomic mass is 10.2. The van der Waals surface area contributed by atoms with Crippen molar-refractivity contribution in [3.63, 3.8) is 0 Å². The Morgan fingerprint density at radius 1 is 1.56 bits per heavy atom. The molecule has 8 heteroatoms. The zero-order valence-electron chi connectivity index (χ0n) is 8.17. The number of thiophene rings is 1. The van der Waals surface area contributed by atoms with Crippen LogP contribution in [0, 0.1) is 0 Å². The average molecular weight is 260 g/mol. The number of carbonyl (C=O) groups is 1. The van der Waals surface area contributed by atoms with Crippen LogP contribution in [-0.2, 0) is 10.0 Å². The molecule has 0 saturated heterocycles. The van der Waals surface area contributed by atoms with Gasteiger partial charge in [-0.25, -0.2) is 8.42 Å². The minimum atomic E-state index is -3.68. The monoisotopic (exact) mass is 260 g/mol. The summed E-state index contributed by atoms with van der Waals surface area (Å²) in [5.74, 6) is -0.427. The van der Waals surface area contributed by atoms with Gasteiger partial charge in [-0.05, 0) is 11.4 Å². The fraction of sp³-hybridized carbons (Fsp3) is 0.125. The topological polar surface area (TPSA) is 86.7 Å². The lowest BCUT2D eigenvalue weighted by Gasteiger charge is -2.25. The van der Waals surface area contributed by atoms with Crippen molar-refractivity contribution in [1.29, 1.82) is 0 Å². The molecule has 0 bridgehead atoms. The number of carbonyl (C=O) groups excluding carboxylic acids is 1. The predicted octanol–water partition coefficient (Wildman–Crippen LogP) is 0.385. The first-order valence-electron chi connectivity index (χ1n) is 4.21. The van der Waals surface area contributed by atoms with Crippen LogP contribution >= 0.6 is 11.3 Å². The van der Waals surface area contributed by atoms with Gasteiger partial charge in [0.2, 0.25) is 5.78 Å². The molecule has 86 valence electrons. The van der Waals surface area contributed by atoms with E-state index >= 15 is 0 Å². The first kappa shape index (κ1) is 11.1. The summed E-state index contributed by atoms with van der Waals surface area (Å²) < 4.78 is 24.7. The third kappa shape index (κ3) is 1.34. The molecule has 0 aliphatic carbocycles. The van der Waals surface area contributed by atoms with E-state index < -0.39 is 15.8 Å². The lowest BCUT2D eigenvalue weighted by Crippen LogP contribution is -2.36. The minimum Gasteiger partial charge on any atom is -0.292 e. The summed E-state index contributed by atoms with van der Waals surface area (Å²) >= 11 is 1.06. The number of hydroxylamine groups is 1. The Kier molecular flexibility index (Phi) is 2.49. The number of ketones is 1. The lowest BCUT2D eigenvalue weighted by molar-refractivity contribution is 0.100. The average Bonchev–Trinajstić information content (AvgIpc) is 2.72. The van der Waals surface area contributed by atoms with Crippen molar-refractivity contribution in [3.8, 4) is 0 Å². The highest BCUT2D eigenvalue weighted by atomic mass is 32.2. The number of rotatable bonds is 1. The molecule has 0 saturated carbocycles. The van der Waals surface area contributed by atoms with E-state index in [1.807, 2.05) is 0 Å². The molecule has 0 unspecified atom stereocenters. The maximum Gasteiger partial charge on any atom is 0.265 e. The maximum atomic E-state index is 11.9. The molecular weight excluding hydrogens is 252 g/mol. The smallest absolute Gasteiger partial charge is 0.265 e. The van der Waals surface area contributed by atoms with Gasteiger partial charge in [0.05, 0.1) is 11.1 Å². The Hall–Kier alpha value is -1.38. The van der Waals surface area contributed by atoms with Gasteiger partial charge in [-0.3, -0.25) is 19.8 Å². The van der Waals surface area contributed by atoms with Crippen LogP contribution in [-0.4, -0.2) is 30.8 Å². The summed E-state index contributed by atoms with van der Waals surface area (Å²) in [6.07, 6.45) is 0.947. The molecule has 0 aromatic carbocycles. The van der Waals surface area contributed by atoms with E-state index in [0.717, 1.165) is 21.8 Å². The Labute approximate surface area is 95.8 Å². The van der Waals surface area contributed by atoms with Crippen LogP contribution in [0.25, 0.3) is 0 Å². The summed E-state index contributed by atoms with van der Waals surface area (Å²) in [5.41, 5.74) is 1.56. The molecule has 0 fully saturated rings. The summed E-state index contributed by atoms with van der Waals surface area (Å²) in [7, 11) is -2.42. The Morgan fingerprint density at radius 2 is 2.25 bits per heavy atom. The van der Waals surface area contributed by atoms with Crippen molar-refractivity contribution < 1.29 is 18.4 Å². The Bertz CT molecular complexity index is 573. The van der Waals surface area contributed by atoms with Gasteiger partial charge in [0.1, 0.15) is 10.6 Å². The molecule has 1 aromatic heterocycles. The van der Waals surface area contributed by atoms with Gasteiger partial charge in [0.25, 0.3) is 10.0 Å². The second kappa shape index (κ2) is 3.58. The van der Waals surface area contributed by atoms with Crippen LogP contribution in [0.5, 0.6) is 0 Å². The van der Waals surface area contributed by atoms with Crippen LogP contribution in [0.4, 0.5) is 0 Å². The fourth-order valence-corrected chi connectivity index (χ4v) is 3.96. The number of nitrogens with one attached hydrogen (secondary N) is 1. The molecule has 1 aliphatic rings. The van der Waals surface area contributed by atoms with E-state index in [-0.39, 0.29) is 15.5 Å². The van der Waals surface area contributed by atoms with Crippen LogP contribution in [0.15, 0.2) is 28.2 Å². The van der Waals surface area contributed by atoms with Crippen molar-refractivity contribution in [1.82, 2.24) is 9.79 Å². The number of hydrogen-bond acceptors (Lipinski definition) is 6. The van der Waals surface area contributed by atoms with E-state index in [4.69, 9.17) is 5.21 Å². The van der Waals surface area contributed by atoms with Gasteiger partial charge >= 0.3 is 0 Å². The molecule has 1 aliphatic heterocycles. The number of likely N-dealkylation sites (N-methyl/N-ethyl adjacent to an activating group) is 1. The van der Waals surface area contributed by atoms with E-state index in [2.05, 4.69) is 0 Å². The molecule has 6 nitrogen and oxygen atoms in total. The molecule has 2 rings (SSSR count). The molecule has 2 N–H and O–H groups in total. The second-order valence-corrected chi connectivity index (χ2v) is 5.93. The molecule has 16 heavy (non-hydrogen) atoms. The van der Waals surface area contributed by atoms with E-state index in [0.29, 0.717) is 0 Å². The third-order valence-corrected chi connectivity index (χ3v) is 5.10. The Morgan fingerprint density at radius 3 is 2.88 bits per heavy atom. The molecule has 0 spiro atoms. The van der Waals surface area contributed by atoms with Crippen molar-refractivity contribution in [3.05, 3.63) is 28.2 Å². The van der Waals surface area contributed by atoms with Crippen LogP contribution in [0.3, 0.4) is 0 Å². The first-order chi connectivity index (χ1) is 7.50. The predicted molar refractivity (Wildman–Crippen MR) is 56.6 cm³/mol. The number of hydrogen-bond donors (Lipinski definition) is 2. The largest absolute Gasteiger partial charge is 0.292 e. The quantitative estimate of drug-likeness (QED) is 0.563. The summed E-state index contributed by atoms with van der Waals surface area (Å²) in [5, 5.41) is 10.1. The van der Waals surface area contributed by atoms with Gasteiger partial charge in [0.15, 0.2) is 0 Å². The van der Waals surface area contributed by atoms with E-state index in [1.54, 1.807) is 10.9 Å². The number of allylic oxidation sites excluding steroid dienone is 1. The fourth-order valence-electron chi connectivity index (χ4n) is 1.42. The summed E-state index contributed by atoms with van der Waals surface area (Å²) in [4.78, 5) is 12.0. The maximum absolute atomic E-state index is 11.9. The van der Waals surface area contributed by atoms with Crippen molar-refractivity contribution in [2.75, 3.05) is 7.05 Å². The normalized spacial score (nSPS) is 21.0. The first-order valence-corrected chi connectivity index (χ1v) is 6.53. The number of Topliss-reactive ketones (excluding diaryl/α,β-unsaturated/α-hetero) is 1. The summed E-state index contributed by atoms with van der Waals surface area (Å²) in [6.45, 7) is 0. The number of fused-ring (bicyclic) bond motifs is 1. The highest BCUT2D eigenvalue weighted by Gasteiger charge is 2.38. The Balaban J connectivity index is 2.72. The van der Waals surface area contributed by atoms with Crippen molar-refractivity contribution in [2.45, 2.75) is 4.90 Å². The minimum absolute atomic E-state index is 0.0140. The van der Waals surface area contributed by atoms with Crippen LogP contribution in [0.2, 0.25) is 0 Å². The highest BCUT2D eigenvalue weighted by molar-refractivity contribution is 7.89. The van der Waals surface area contributed by atoms with Gasteiger partial charge in [-0.1, -0.05) is 0 Å². The molecule has 0 amide bonds. The molecule has 0 atom stereocenters. The van der Waals surface area contributed by atoms with Gasteiger partial charge in [-0.2, -0.15) is 0 Å². The number of nitrogens with zero attached hydrogens (tertiary/aromatic N) is 1. The molecule has 2 heterocycles. The standard InChI is InChI=1S/C8H8N2O4S2/c1-10-5(4-9-12)7(11)8-6(2-3-15-8)16(10,13)14/h2-4,9,12H,1H3/b5-4+.